The summed E-state index contributed by atoms with van der Waals surface area (Å²) in [5.41, 5.74) is 0. The Balaban J connectivity index is -0.000000320. The molecule has 0 rings (SSSR count). The third kappa shape index (κ3) is 18.2. The van der Waals surface area contributed by atoms with Gasteiger partial charge in [0.2, 0.25) is 15.2 Å². The molecule has 0 saturated heterocycles. The minimum atomic E-state index is 0. The topological polar surface area (TPSA) is 0 Å². The van der Waals surface area contributed by atoms with Gasteiger partial charge in [-0.2, -0.15) is 0 Å². The second-order valence-electron chi connectivity index (χ2n) is 3.55. The van der Waals surface area contributed by atoms with Crippen LogP contribution in [-0.2, 0) is 0 Å². The predicted molar refractivity (Wildman–Crippen MR) is 59.5 cm³/mol. The van der Waals surface area contributed by atoms with E-state index < -0.39 is 0 Å². The highest BCUT2D eigenvalue weighted by atomic mass is 35.5. The maximum absolute atomic E-state index is 2.31. The van der Waals surface area contributed by atoms with E-state index in [4.69, 9.17) is 0 Å². The zero-order chi connectivity index (χ0) is 7.28. The molecule has 0 amide bonds. The van der Waals surface area contributed by atoms with E-state index in [0.717, 1.165) is 27.1 Å². The number of hydrogen-bond donors (Lipinski definition) is 0. The van der Waals surface area contributed by atoms with Gasteiger partial charge in [-0.25, -0.2) is 0 Å². The fourth-order valence-corrected chi connectivity index (χ4v) is 2.29. The van der Waals surface area contributed by atoms with Gasteiger partial charge in [0.15, 0.2) is 0 Å². The molecule has 1 radical (unpaired) electrons. The highest BCUT2D eigenvalue weighted by molar-refractivity contribution is 6.35. The summed E-state index contributed by atoms with van der Waals surface area (Å²) in [5, 5.41) is 2.97. The van der Waals surface area contributed by atoms with E-state index in [1.807, 2.05) is 0 Å². The lowest BCUT2D eigenvalue weighted by molar-refractivity contribution is 0.700. The molecule has 0 aliphatic heterocycles. The Labute approximate surface area is 90.1 Å². The zero-order valence-electron chi connectivity index (χ0n) is 7.96. The van der Waals surface area contributed by atoms with Gasteiger partial charge in [-0.05, 0) is 0 Å². The van der Waals surface area contributed by atoms with Crippen molar-refractivity contribution in [1.82, 2.24) is 0 Å². The Kier molecular flexibility index (Phi) is 18.2. The summed E-state index contributed by atoms with van der Waals surface area (Å²) in [6.07, 6.45) is 0. The molecule has 0 unspecified atom stereocenters. The summed E-state index contributed by atoms with van der Waals surface area (Å²) in [5.74, 6) is 1.86. The molecule has 0 saturated carbocycles. The molecule has 0 nitrogen and oxygen atoms in total. The minimum Gasteiger partial charge on any atom is -0.147 e. The Bertz CT molecular complexity index is 57.1. The van der Waals surface area contributed by atoms with Crippen LogP contribution in [-0.4, -0.2) is 15.2 Å². The predicted octanol–water partition coefficient (Wildman–Crippen LogP) is 3.68. The summed E-state index contributed by atoms with van der Waals surface area (Å²) in [6.45, 7) is 9.25. The van der Waals surface area contributed by atoms with Gasteiger partial charge in [0, 0.05) is 0 Å². The van der Waals surface area contributed by atoms with Gasteiger partial charge < -0.3 is 0 Å². The van der Waals surface area contributed by atoms with Gasteiger partial charge in [-0.1, -0.05) is 39.5 Å². The first-order chi connectivity index (χ1) is 4.13. The molecule has 0 aromatic heterocycles. The molecule has 11 heavy (non-hydrogen) atoms. The van der Waals surface area contributed by atoms with E-state index in [1.54, 1.807) is 0 Å². The van der Waals surface area contributed by atoms with Gasteiger partial charge in [-0.15, -0.1) is 35.4 Å². The van der Waals surface area contributed by atoms with Crippen LogP contribution >= 0.6 is 24.8 Å². The summed E-state index contributed by atoms with van der Waals surface area (Å²) >= 11 is 0.755. The fraction of sp³-hybridized carbons (Fsp3) is 1.00. The largest absolute Gasteiger partial charge is 0.200 e. The van der Waals surface area contributed by atoms with Crippen LogP contribution in [0.25, 0.3) is 0 Å². The Morgan fingerprint density at radius 2 is 1.09 bits per heavy atom. The molecule has 0 aromatic rings. The van der Waals surface area contributed by atoms with Crippen molar-refractivity contribution in [2.24, 2.45) is 11.8 Å². The number of halogens is 2. The van der Waals surface area contributed by atoms with Crippen molar-refractivity contribution in [3.63, 3.8) is 0 Å². The van der Waals surface area contributed by atoms with Gasteiger partial charge in [0.1, 0.15) is 0 Å². The molecular weight excluding hydrogens is 194 g/mol. The maximum Gasteiger partial charge on any atom is 0.200 e. The van der Waals surface area contributed by atoms with E-state index in [9.17, 15) is 0 Å². The van der Waals surface area contributed by atoms with Crippen molar-refractivity contribution in [2.75, 3.05) is 0 Å². The molecule has 0 aliphatic rings. The lowest BCUT2D eigenvalue weighted by Crippen LogP contribution is -1.99. The molecule has 0 spiro atoms. The summed E-state index contributed by atoms with van der Waals surface area (Å²) in [6, 6.07) is 0. The van der Waals surface area contributed by atoms with Crippen LogP contribution in [0.2, 0.25) is 10.6 Å². The Morgan fingerprint density at radius 1 is 0.818 bits per heavy atom. The molecule has 0 heterocycles. The lowest BCUT2D eigenvalue weighted by Gasteiger charge is -2.03. The normalized spacial score (nSPS) is 8.91. The monoisotopic (exact) mass is 213 g/mol. The molecule has 69 valence electrons. The molecule has 0 atom stereocenters. The summed E-state index contributed by atoms with van der Waals surface area (Å²) < 4.78 is 0. The molecule has 0 aromatic carbocycles. The van der Waals surface area contributed by atoms with Crippen molar-refractivity contribution in [3.05, 3.63) is 0 Å². The Morgan fingerprint density at radius 3 is 1.27 bits per heavy atom. The fourth-order valence-electron chi connectivity index (χ4n) is 0.763. The second kappa shape index (κ2) is 11.1. The van der Waals surface area contributed by atoms with Crippen LogP contribution in [0.3, 0.4) is 0 Å². The van der Waals surface area contributed by atoms with Crippen LogP contribution in [0.5, 0.6) is 0 Å². The molecule has 3 heteroatoms. The van der Waals surface area contributed by atoms with E-state index in [0.29, 0.717) is 0 Å². The van der Waals surface area contributed by atoms with Crippen LogP contribution < -0.4 is 0 Å². The van der Waals surface area contributed by atoms with Crippen molar-refractivity contribution in [3.8, 4) is 0 Å². The van der Waals surface area contributed by atoms with Crippen LogP contribution in [0.4, 0.5) is 0 Å². The standard InChI is InChI=1S/2C4H9.Al.2ClH/c2*1-4(2)3;;;/h2*4H,1H2,2-3H3;;2*1H. The van der Waals surface area contributed by atoms with Crippen molar-refractivity contribution in [2.45, 2.75) is 38.3 Å². The first kappa shape index (κ1) is 18.0. The molecule has 0 N–H and O–H groups in total. The second-order valence-corrected chi connectivity index (χ2v) is 5.07. The van der Waals surface area contributed by atoms with Crippen molar-refractivity contribution < 1.29 is 0 Å². The van der Waals surface area contributed by atoms with Gasteiger partial charge >= 0.3 is 0 Å². The molecule has 0 aliphatic carbocycles. The molecule has 0 fully saturated rings. The first-order valence-electron chi connectivity index (χ1n) is 3.94. The van der Waals surface area contributed by atoms with Crippen LogP contribution in [0, 0.1) is 11.8 Å². The van der Waals surface area contributed by atoms with Gasteiger partial charge in [-0.3, -0.25) is 0 Å². The first-order valence-corrected chi connectivity index (χ1v) is 5.58. The maximum atomic E-state index is 2.31. The highest BCUT2D eigenvalue weighted by Crippen LogP contribution is 2.05. The zero-order valence-corrected chi connectivity index (χ0v) is 10.8. The lowest BCUT2D eigenvalue weighted by atomic mass is 10.3. The van der Waals surface area contributed by atoms with E-state index in [2.05, 4.69) is 27.7 Å². The third-order valence-corrected chi connectivity index (χ3v) is 3.83. The smallest absolute Gasteiger partial charge is 0.147 e. The van der Waals surface area contributed by atoms with Gasteiger partial charge in [0.25, 0.3) is 0 Å². The SMILES string of the molecule is CC(C)[CH2][Al][CH2]C(C)C.Cl.Cl. The summed E-state index contributed by atoms with van der Waals surface area (Å²) in [4.78, 5) is 0. The number of rotatable bonds is 4. The number of hydrogen-bond acceptors (Lipinski definition) is 0. The average Bonchev–Trinajstić information content (AvgIpc) is 1.63. The van der Waals surface area contributed by atoms with Crippen molar-refractivity contribution in [1.29, 1.82) is 0 Å². The molecule has 0 bridgehead atoms. The quantitative estimate of drug-likeness (QED) is 0.626. The highest BCUT2D eigenvalue weighted by Gasteiger charge is 1.98. The Hall–Kier alpha value is 1.11. The average molecular weight is 214 g/mol. The minimum absolute atomic E-state index is 0. The van der Waals surface area contributed by atoms with E-state index in [1.165, 1.54) is 10.6 Å². The summed E-state index contributed by atoms with van der Waals surface area (Å²) in [7, 11) is 0. The molecular formula is C8H20AlCl2. The van der Waals surface area contributed by atoms with Crippen LogP contribution in [0.15, 0.2) is 0 Å². The van der Waals surface area contributed by atoms with Crippen molar-refractivity contribution >= 4 is 40.0 Å². The third-order valence-electron chi connectivity index (χ3n) is 1.28. The van der Waals surface area contributed by atoms with Gasteiger partial charge in [0.05, 0.1) is 0 Å². The van der Waals surface area contributed by atoms with E-state index >= 15 is 0 Å². The van der Waals surface area contributed by atoms with Crippen LogP contribution in [0.1, 0.15) is 27.7 Å². The van der Waals surface area contributed by atoms with E-state index in [-0.39, 0.29) is 24.8 Å².